The molecule has 2 N–H and O–H groups in total. The Labute approximate surface area is 367 Å². The normalized spacial score (nSPS) is 33.6. The quantitative estimate of drug-likeness (QED) is 0.238. The molecule has 11 rings (SSSR count). The van der Waals surface area contributed by atoms with Gasteiger partial charge >= 0.3 is 15.6 Å². The molecule has 4 saturated carbocycles. The molecule has 3 aliphatic heterocycles. The molecule has 7 fully saturated rings. The van der Waals surface area contributed by atoms with E-state index in [1.165, 1.54) is 50.0 Å². The zero-order valence-electron chi connectivity index (χ0n) is 36.3. The third-order valence-corrected chi connectivity index (χ3v) is 17.1. The molecule has 3 saturated heterocycles. The minimum Gasteiger partial charge on any atom is -0.497 e. The van der Waals surface area contributed by atoms with Crippen LogP contribution >= 0.6 is 0 Å². The van der Waals surface area contributed by atoms with E-state index in [1.54, 1.807) is 13.2 Å². The monoisotopic (exact) mass is 902 g/mol. The van der Waals surface area contributed by atoms with Crippen molar-refractivity contribution in [2.45, 2.75) is 142 Å². The summed E-state index contributed by atoms with van der Waals surface area (Å²) >= 11 is 0. The third kappa shape index (κ3) is 7.79. The van der Waals surface area contributed by atoms with Gasteiger partial charge in [-0.15, -0.1) is 0 Å². The van der Waals surface area contributed by atoms with Gasteiger partial charge in [0.2, 0.25) is 0 Å². The fourth-order valence-electron chi connectivity index (χ4n) is 12.6. The summed E-state index contributed by atoms with van der Waals surface area (Å²) < 4.78 is 83.9. The molecule has 346 valence electrons. The number of likely N-dealkylation sites (tertiary alicyclic amines) is 2. The fraction of sp³-hybridized carbons (Fsp3) is 0.702. The van der Waals surface area contributed by atoms with Crippen LogP contribution in [-0.4, -0.2) is 122 Å². The minimum atomic E-state index is -5.99. The van der Waals surface area contributed by atoms with Gasteiger partial charge in [-0.2, -0.15) is 21.6 Å². The third-order valence-electron chi connectivity index (χ3n) is 16.1. The molecule has 16 heteroatoms. The first-order valence-corrected chi connectivity index (χ1v) is 24.3. The SMILES string of the molecule is C1CCOC1.COc1ccc2c(c1)[C@]13CCN(CC4CC4)C(C2)[C@]1(O)CCC(=O)C3.COc1ccc2c(c1OS(=O)(=O)C(F)(F)F)[C@]13CCN(CC4CC4)C(C2)[C@]1(O)CCC(=O)C3. The van der Waals surface area contributed by atoms with E-state index in [0.717, 1.165) is 70.2 Å². The number of ketones is 2. The molecular formula is C47H61F3N2O10S. The van der Waals surface area contributed by atoms with E-state index < -0.39 is 43.4 Å². The molecule has 2 aromatic rings. The summed E-state index contributed by atoms with van der Waals surface area (Å²) in [5.41, 5.74) is -6.28. The highest BCUT2D eigenvalue weighted by atomic mass is 32.2. The largest absolute Gasteiger partial charge is 0.534 e. The summed E-state index contributed by atoms with van der Waals surface area (Å²) in [4.78, 5) is 29.9. The van der Waals surface area contributed by atoms with Gasteiger partial charge in [0.05, 0.1) is 25.4 Å². The van der Waals surface area contributed by atoms with Crippen molar-refractivity contribution in [3.8, 4) is 17.2 Å². The van der Waals surface area contributed by atoms with Crippen molar-refractivity contribution in [3.63, 3.8) is 0 Å². The molecular weight excluding hydrogens is 842 g/mol. The molecule has 6 atom stereocenters. The number of alkyl halides is 3. The molecule has 4 bridgehead atoms. The molecule has 0 radical (unpaired) electrons. The highest BCUT2D eigenvalue weighted by molar-refractivity contribution is 7.88. The maximum Gasteiger partial charge on any atom is 0.534 e. The zero-order chi connectivity index (χ0) is 44.6. The molecule has 2 aromatic carbocycles. The Morgan fingerprint density at radius 1 is 0.762 bits per heavy atom. The lowest BCUT2D eigenvalue weighted by Gasteiger charge is -2.63. The van der Waals surface area contributed by atoms with Gasteiger partial charge in [-0.25, -0.2) is 0 Å². The second kappa shape index (κ2) is 16.6. The van der Waals surface area contributed by atoms with Crippen LogP contribution in [0.4, 0.5) is 13.2 Å². The van der Waals surface area contributed by atoms with Crippen LogP contribution < -0.4 is 13.7 Å². The Morgan fingerprint density at radius 3 is 1.83 bits per heavy atom. The van der Waals surface area contributed by atoms with Crippen LogP contribution in [0.15, 0.2) is 30.3 Å². The van der Waals surface area contributed by atoms with Crippen molar-refractivity contribution in [1.82, 2.24) is 9.80 Å². The Kier molecular flexibility index (Phi) is 11.8. The Bertz CT molecular complexity index is 2200. The maximum absolute atomic E-state index is 13.2. The number of halogens is 3. The van der Waals surface area contributed by atoms with Crippen LogP contribution in [0.3, 0.4) is 0 Å². The Morgan fingerprint density at radius 2 is 1.30 bits per heavy atom. The predicted molar refractivity (Wildman–Crippen MR) is 225 cm³/mol. The first-order chi connectivity index (χ1) is 30.0. The summed E-state index contributed by atoms with van der Waals surface area (Å²) in [7, 11) is -3.11. The van der Waals surface area contributed by atoms with Crippen molar-refractivity contribution in [3.05, 3.63) is 52.6 Å². The average molecular weight is 903 g/mol. The summed E-state index contributed by atoms with van der Waals surface area (Å²) in [6.07, 6.45) is 11.7. The zero-order valence-corrected chi connectivity index (χ0v) is 37.2. The number of piperidine rings is 2. The topological polar surface area (TPSA) is 152 Å². The summed E-state index contributed by atoms with van der Waals surface area (Å²) in [6, 6.07) is 9.16. The van der Waals surface area contributed by atoms with E-state index in [2.05, 4.69) is 26.1 Å². The molecule has 0 aromatic heterocycles. The number of rotatable bonds is 8. The van der Waals surface area contributed by atoms with E-state index >= 15 is 0 Å². The van der Waals surface area contributed by atoms with Crippen LogP contribution in [0, 0.1) is 11.8 Å². The van der Waals surface area contributed by atoms with Crippen LogP contribution in [0.1, 0.15) is 112 Å². The van der Waals surface area contributed by atoms with Gasteiger partial charge in [-0.1, -0.05) is 12.1 Å². The van der Waals surface area contributed by atoms with Crippen LogP contribution in [-0.2, 0) is 48.1 Å². The molecule has 12 nitrogen and oxygen atoms in total. The number of carbonyl (C=O) groups is 2. The standard InChI is InChI=1S/C22H26F3NO6S.C21H27NO3.C4H8O/c1-31-16-5-4-14-10-17-21(28)7-6-15(27)11-20(21,8-9-26(17)12-13-2-3-13)18(14)19(16)32-33(29,30)22(23,24)25;1-25-17-5-4-15-10-19-21(24)7-6-16(23)12-20(21,18(15)11-17)8-9-22(19)13-14-2-3-14;1-2-4-5-3-1/h4-5,13,17,28H,2-3,6-12H2,1H3;4-5,11,14,19,24H,2-3,6-10,12-13H2,1H3;1-4H2/t17?,20-,21-;19?,20-,21-;/m11./s1. The Balaban J connectivity index is 0.000000148. The first kappa shape index (κ1) is 44.9. The second-order valence-corrected chi connectivity index (χ2v) is 21.3. The molecule has 9 aliphatic rings. The molecule has 3 heterocycles. The van der Waals surface area contributed by atoms with Crippen LogP contribution in [0.5, 0.6) is 17.2 Å². The van der Waals surface area contributed by atoms with Crippen molar-refractivity contribution in [1.29, 1.82) is 0 Å². The van der Waals surface area contributed by atoms with E-state index in [9.17, 15) is 41.4 Å². The van der Waals surface area contributed by atoms with Gasteiger partial charge in [0.25, 0.3) is 0 Å². The van der Waals surface area contributed by atoms with Gasteiger partial charge in [0.15, 0.2) is 11.5 Å². The lowest BCUT2D eigenvalue weighted by molar-refractivity contribution is -0.173. The smallest absolute Gasteiger partial charge is 0.497 e. The number of hydrogen-bond donors (Lipinski definition) is 2. The maximum atomic E-state index is 13.2. The molecule has 2 unspecified atom stereocenters. The number of hydrogen-bond acceptors (Lipinski definition) is 12. The van der Waals surface area contributed by atoms with Crippen molar-refractivity contribution < 1.29 is 59.8 Å². The Hall–Kier alpha value is -3.28. The summed E-state index contributed by atoms with van der Waals surface area (Å²) in [6.45, 7) is 5.49. The van der Waals surface area contributed by atoms with E-state index in [4.69, 9.17) is 14.2 Å². The number of carbonyl (C=O) groups excluding carboxylic acids is 2. The van der Waals surface area contributed by atoms with Gasteiger partial charge in [-0.3, -0.25) is 19.4 Å². The van der Waals surface area contributed by atoms with E-state index in [1.807, 2.05) is 6.07 Å². The number of fused-ring (bicyclic) bond motifs is 2. The molecule has 6 aliphatic carbocycles. The highest BCUT2D eigenvalue weighted by Crippen LogP contribution is 2.62. The number of benzene rings is 2. The van der Waals surface area contributed by atoms with E-state index in [-0.39, 0.29) is 48.4 Å². The van der Waals surface area contributed by atoms with Crippen LogP contribution in [0.2, 0.25) is 0 Å². The second-order valence-electron chi connectivity index (χ2n) is 19.7. The summed E-state index contributed by atoms with van der Waals surface area (Å²) in [5.74, 6) is 1.64. The van der Waals surface area contributed by atoms with E-state index in [0.29, 0.717) is 55.9 Å². The number of aliphatic hydroxyl groups is 2. The summed E-state index contributed by atoms with van der Waals surface area (Å²) in [5, 5.41) is 24.1. The molecule has 63 heavy (non-hydrogen) atoms. The molecule has 0 amide bonds. The first-order valence-electron chi connectivity index (χ1n) is 22.9. The van der Waals surface area contributed by atoms with Crippen molar-refractivity contribution in [2.75, 3.05) is 53.6 Å². The molecule has 0 spiro atoms. The average Bonchev–Trinajstić information content (AvgIpc) is 4.18. The van der Waals surface area contributed by atoms with Gasteiger partial charge in [0.1, 0.15) is 17.3 Å². The fourth-order valence-corrected chi connectivity index (χ4v) is 13.1. The van der Waals surface area contributed by atoms with Crippen molar-refractivity contribution in [2.24, 2.45) is 11.8 Å². The van der Waals surface area contributed by atoms with Gasteiger partial charge < -0.3 is 28.6 Å². The van der Waals surface area contributed by atoms with Gasteiger partial charge in [0, 0.05) is 80.5 Å². The number of nitrogens with zero attached hydrogens (tertiary/aromatic N) is 2. The minimum absolute atomic E-state index is 0.0835. The lowest BCUT2D eigenvalue weighted by atomic mass is 9.49. The number of methoxy groups -OCH3 is 2. The number of ether oxygens (including phenoxy) is 3. The predicted octanol–water partition coefficient (Wildman–Crippen LogP) is 5.94. The van der Waals surface area contributed by atoms with Gasteiger partial charge in [-0.05, 0) is 137 Å². The number of Topliss-reactive ketones (excluding diaryl/α,β-unsaturated/α-hetero) is 2. The lowest BCUT2D eigenvalue weighted by Crippen LogP contribution is -2.73. The highest BCUT2D eigenvalue weighted by Gasteiger charge is 2.67. The van der Waals surface area contributed by atoms with Crippen molar-refractivity contribution >= 4 is 21.7 Å². The van der Waals surface area contributed by atoms with Crippen LogP contribution in [0.25, 0.3) is 0 Å².